The van der Waals surface area contributed by atoms with Crippen molar-refractivity contribution in [1.29, 1.82) is 0 Å². The first-order valence-electron chi connectivity index (χ1n) is 5.13. The molecule has 1 aromatic rings. The average molecular weight is 303 g/mol. The van der Waals surface area contributed by atoms with E-state index in [1.165, 1.54) is 0 Å². The van der Waals surface area contributed by atoms with Gasteiger partial charge in [0.1, 0.15) is 0 Å². The number of methoxy groups -OCH3 is 2. The number of rotatable bonds is 5. The molecule has 0 amide bonds. The second-order valence-corrected chi connectivity index (χ2v) is 4.40. The Hall–Kier alpha value is -1.23. The van der Waals surface area contributed by atoms with Crippen molar-refractivity contribution in [2.75, 3.05) is 14.2 Å². The first kappa shape index (κ1) is 13.8. The number of halogens is 1. The molecule has 0 unspecified atom stereocenters. The van der Waals surface area contributed by atoms with E-state index in [2.05, 4.69) is 15.9 Å². The minimum Gasteiger partial charge on any atom is -0.493 e. The fourth-order valence-electron chi connectivity index (χ4n) is 1.59. The number of benzene rings is 1. The van der Waals surface area contributed by atoms with Gasteiger partial charge in [0.2, 0.25) is 0 Å². The summed E-state index contributed by atoms with van der Waals surface area (Å²) in [4.78, 5) is 10.6. The second kappa shape index (κ2) is 5.91. The highest BCUT2D eigenvalue weighted by Gasteiger charge is 2.15. The van der Waals surface area contributed by atoms with Crippen molar-refractivity contribution in [3.63, 3.8) is 0 Å². The molecule has 0 radical (unpaired) electrons. The number of carboxylic acids is 1. The molecule has 0 saturated heterocycles. The van der Waals surface area contributed by atoms with E-state index in [9.17, 15) is 4.79 Å². The molecule has 0 atom stereocenters. The Morgan fingerprint density at radius 3 is 2.53 bits per heavy atom. The van der Waals surface area contributed by atoms with Gasteiger partial charge in [-0.25, -0.2) is 0 Å². The van der Waals surface area contributed by atoms with Gasteiger partial charge in [-0.2, -0.15) is 0 Å². The zero-order valence-corrected chi connectivity index (χ0v) is 11.6. The van der Waals surface area contributed by atoms with Crippen LogP contribution in [0.1, 0.15) is 17.5 Å². The van der Waals surface area contributed by atoms with Gasteiger partial charge in [0.05, 0.1) is 18.7 Å². The Kier molecular flexibility index (Phi) is 4.81. The topological polar surface area (TPSA) is 55.8 Å². The van der Waals surface area contributed by atoms with Crippen molar-refractivity contribution in [3.8, 4) is 11.5 Å². The van der Waals surface area contributed by atoms with Crippen molar-refractivity contribution in [3.05, 3.63) is 21.7 Å². The lowest BCUT2D eigenvalue weighted by atomic mass is 10.0. The monoisotopic (exact) mass is 302 g/mol. The van der Waals surface area contributed by atoms with Gasteiger partial charge in [-0.3, -0.25) is 4.79 Å². The lowest BCUT2D eigenvalue weighted by Gasteiger charge is -2.15. The van der Waals surface area contributed by atoms with Gasteiger partial charge in [-0.05, 0) is 46.5 Å². The van der Waals surface area contributed by atoms with E-state index in [4.69, 9.17) is 14.6 Å². The summed E-state index contributed by atoms with van der Waals surface area (Å²) in [6.45, 7) is 1.92. The standard InChI is InChI=1S/C12H15BrO4/c1-7-8(4-5-10(14)15)6-9(16-2)12(17-3)11(7)13/h6H,4-5H2,1-3H3,(H,14,15). The minimum absolute atomic E-state index is 0.1000. The van der Waals surface area contributed by atoms with Crippen LogP contribution >= 0.6 is 15.9 Å². The fourth-order valence-corrected chi connectivity index (χ4v) is 2.21. The Morgan fingerprint density at radius 1 is 1.41 bits per heavy atom. The Morgan fingerprint density at radius 2 is 2.06 bits per heavy atom. The van der Waals surface area contributed by atoms with Crippen molar-refractivity contribution < 1.29 is 19.4 Å². The molecule has 0 fully saturated rings. The number of hydrogen-bond acceptors (Lipinski definition) is 3. The summed E-state index contributed by atoms with van der Waals surface area (Å²) in [5, 5.41) is 8.69. The molecule has 0 aliphatic heterocycles. The molecular formula is C12H15BrO4. The predicted octanol–water partition coefficient (Wildman–Crippen LogP) is 2.79. The van der Waals surface area contributed by atoms with E-state index < -0.39 is 5.97 Å². The molecule has 1 rings (SSSR count). The molecular weight excluding hydrogens is 288 g/mol. The highest BCUT2D eigenvalue weighted by atomic mass is 79.9. The summed E-state index contributed by atoms with van der Waals surface area (Å²) in [7, 11) is 3.12. The predicted molar refractivity (Wildman–Crippen MR) is 67.9 cm³/mol. The molecule has 0 aliphatic rings. The molecule has 94 valence electrons. The second-order valence-electron chi connectivity index (χ2n) is 3.60. The van der Waals surface area contributed by atoms with Crippen LogP contribution in [0.25, 0.3) is 0 Å². The van der Waals surface area contributed by atoms with Gasteiger partial charge in [-0.1, -0.05) is 0 Å². The average Bonchev–Trinajstić information content (AvgIpc) is 2.30. The third-order valence-corrected chi connectivity index (χ3v) is 3.53. The lowest BCUT2D eigenvalue weighted by molar-refractivity contribution is -0.136. The van der Waals surface area contributed by atoms with Crippen molar-refractivity contribution in [2.24, 2.45) is 0 Å². The van der Waals surface area contributed by atoms with Crippen LogP contribution in [-0.2, 0) is 11.2 Å². The maximum Gasteiger partial charge on any atom is 0.303 e. The maximum absolute atomic E-state index is 10.6. The van der Waals surface area contributed by atoms with Gasteiger partial charge in [0.15, 0.2) is 11.5 Å². The van der Waals surface area contributed by atoms with Gasteiger partial charge in [-0.15, -0.1) is 0 Å². The third kappa shape index (κ3) is 3.12. The molecule has 0 heterocycles. The third-order valence-electron chi connectivity index (χ3n) is 2.57. The molecule has 5 heteroatoms. The van der Waals surface area contributed by atoms with Crippen LogP contribution in [-0.4, -0.2) is 25.3 Å². The van der Waals surface area contributed by atoms with Crippen molar-refractivity contribution in [2.45, 2.75) is 19.8 Å². The maximum atomic E-state index is 10.6. The van der Waals surface area contributed by atoms with E-state index in [1.807, 2.05) is 13.0 Å². The largest absolute Gasteiger partial charge is 0.493 e. The molecule has 17 heavy (non-hydrogen) atoms. The fraction of sp³-hybridized carbons (Fsp3) is 0.417. The van der Waals surface area contributed by atoms with Gasteiger partial charge in [0.25, 0.3) is 0 Å². The van der Waals surface area contributed by atoms with E-state index >= 15 is 0 Å². The molecule has 0 spiro atoms. The number of aliphatic carboxylic acids is 1. The SMILES string of the molecule is COc1cc(CCC(=O)O)c(C)c(Br)c1OC. The van der Waals surface area contributed by atoms with Crippen LogP contribution in [0.15, 0.2) is 10.5 Å². The summed E-state index contributed by atoms with van der Waals surface area (Å²) in [6, 6.07) is 1.82. The lowest BCUT2D eigenvalue weighted by Crippen LogP contribution is -2.02. The van der Waals surface area contributed by atoms with Crippen LogP contribution in [0.3, 0.4) is 0 Å². The summed E-state index contributed by atoms with van der Waals surface area (Å²) < 4.78 is 11.3. The van der Waals surface area contributed by atoms with Crippen molar-refractivity contribution >= 4 is 21.9 Å². The van der Waals surface area contributed by atoms with Crippen LogP contribution in [0.5, 0.6) is 11.5 Å². The Labute approximate surface area is 109 Å². The van der Waals surface area contributed by atoms with Crippen LogP contribution < -0.4 is 9.47 Å². The van der Waals surface area contributed by atoms with Crippen LogP contribution in [0.2, 0.25) is 0 Å². The molecule has 0 saturated carbocycles. The first-order valence-corrected chi connectivity index (χ1v) is 5.92. The van der Waals surface area contributed by atoms with Crippen LogP contribution in [0.4, 0.5) is 0 Å². The van der Waals surface area contributed by atoms with Gasteiger partial charge < -0.3 is 14.6 Å². The minimum atomic E-state index is -0.810. The number of carbonyl (C=O) groups is 1. The first-order chi connectivity index (χ1) is 8.01. The molecule has 0 bridgehead atoms. The van der Waals surface area contributed by atoms with Crippen LogP contribution in [0, 0.1) is 6.92 Å². The Bertz CT molecular complexity index is 429. The molecule has 0 aromatic heterocycles. The molecule has 0 aliphatic carbocycles. The number of carboxylic acid groups (broad SMARTS) is 1. The van der Waals surface area contributed by atoms with E-state index in [0.29, 0.717) is 17.9 Å². The quantitative estimate of drug-likeness (QED) is 0.909. The van der Waals surface area contributed by atoms with E-state index in [-0.39, 0.29) is 6.42 Å². The summed E-state index contributed by atoms with van der Waals surface area (Å²) in [5.74, 6) is 0.421. The number of hydrogen-bond donors (Lipinski definition) is 1. The van der Waals surface area contributed by atoms with E-state index in [0.717, 1.165) is 15.6 Å². The highest BCUT2D eigenvalue weighted by Crippen LogP contribution is 2.39. The van der Waals surface area contributed by atoms with Crippen molar-refractivity contribution in [1.82, 2.24) is 0 Å². The number of ether oxygens (including phenoxy) is 2. The Balaban J connectivity index is 3.15. The number of aryl methyl sites for hydroxylation is 1. The normalized spacial score (nSPS) is 10.1. The zero-order chi connectivity index (χ0) is 13.0. The molecule has 4 nitrogen and oxygen atoms in total. The van der Waals surface area contributed by atoms with E-state index in [1.54, 1.807) is 14.2 Å². The summed E-state index contributed by atoms with van der Waals surface area (Å²) in [5.41, 5.74) is 1.92. The van der Waals surface area contributed by atoms with Gasteiger partial charge >= 0.3 is 5.97 Å². The smallest absolute Gasteiger partial charge is 0.303 e. The molecule has 1 aromatic carbocycles. The van der Waals surface area contributed by atoms with Gasteiger partial charge in [0, 0.05) is 6.42 Å². The summed E-state index contributed by atoms with van der Waals surface area (Å²) >= 11 is 3.44. The highest BCUT2D eigenvalue weighted by molar-refractivity contribution is 9.10. The zero-order valence-electron chi connectivity index (χ0n) is 10.0. The molecule has 1 N–H and O–H groups in total. The summed E-state index contributed by atoms with van der Waals surface area (Å²) in [6.07, 6.45) is 0.572.